The van der Waals surface area contributed by atoms with Gasteiger partial charge in [-0.25, -0.2) is 13.2 Å². The topological polar surface area (TPSA) is 270 Å². The number of ether oxygens (including phenoxy) is 2. The van der Waals surface area contributed by atoms with Gasteiger partial charge in [-0.2, -0.15) is 0 Å². The number of unbranched alkanes of at least 4 members (excludes halogenated alkanes) is 15. The van der Waals surface area contributed by atoms with E-state index in [-0.39, 0.29) is 89.2 Å². The normalized spacial score (nSPS) is 11.8. The van der Waals surface area contributed by atoms with Gasteiger partial charge in [-0.3, -0.25) is 28.7 Å². The number of rotatable bonds is 39. The number of carboxylic acids is 2. The molecular weight excluding hydrogens is 738 g/mol. The number of hydrogen-bond donors (Lipinski definition) is 7. The van der Waals surface area contributed by atoms with E-state index in [4.69, 9.17) is 20.3 Å². The molecule has 0 unspecified atom stereocenters. The highest BCUT2D eigenvalue weighted by Gasteiger charge is 2.19. The standard InChI is InChI=1S/C37H69N5O12S/c38-29-34(45)39-23-17-15-19-31(37(49)50)41-35(46)30-54-27-26-53-25-24-40-32(43)20-16-18-28-55(51,52)42-33(44)21-13-11-9-7-5-3-1-2-4-6-8-10-12-14-22-36(47)48/h31H,1-30,38H2,(H,39,45)(H,40,43)(H,41,46)(H,42,44)(H,47,48)(H,49,50)/t31-/m0/s1. The molecule has 0 aliphatic carbocycles. The minimum Gasteiger partial charge on any atom is -0.481 e. The monoisotopic (exact) mass is 807 g/mol. The largest absolute Gasteiger partial charge is 0.481 e. The van der Waals surface area contributed by atoms with E-state index in [0.717, 1.165) is 44.9 Å². The van der Waals surface area contributed by atoms with Gasteiger partial charge in [0.1, 0.15) is 12.6 Å². The second-order valence-electron chi connectivity index (χ2n) is 13.7. The zero-order valence-electron chi connectivity index (χ0n) is 32.8. The Balaban J connectivity index is 3.71. The summed E-state index contributed by atoms with van der Waals surface area (Å²) in [6.07, 6.45) is 17.2. The van der Waals surface area contributed by atoms with E-state index in [9.17, 15) is 42.3 Å². The zero-order valence-corrected chi connectivity index (χ0v) is 33.6. The first-order valence-corrected chi connectivity index (χ1v) is 21.7. The van der Waals surface area contributed by atoms with Gasteiger partial charge in [-0.05, 0) is 44.9 Å². The number of nitrogens with two attached hydrogens (primary N) is 1. The third kappa shape index (κ3) is 36.1. The Hall–Kier alpha value is -3.35. The molecule has 0 fully saturated rings. The van der Waals surface area contributed by atoms with Crippen molar-refractivity contribution in [1.82, 2.24) is 20.7 Å². The highest BCUT2D eigenvalue weighted by molar-refractivity contribution is 7.90. The Morgan fingerprint density at radius 2 is 1.05 bits per heavy atom. The van der Waals surface area contributed by atoms with Crippen molar-refractivity contribution in [3.05, 3.63) is 0 Å². The molecule has 0 aliphatic heterocycles. The van der Waals surface area contributed by atoms with Gasteiger partial charge >= 0.3 is 11.9 Å². The Kier molecular flexibility index (Phi) is 33.0. The van der Waals surface area contributed by atoms with Gasteiger partial charge in [0.15, 0.2) is 0 Å². The lowest BCUT2D eigenvalue weighted by Gasteiger charge is -2.14. The fourth-order valence-corrected chi connectivity index (χ4v) is 6.67. The van der Waals surface area contributed by atoms with Crippen LogP contribution in [0.4, 0.5) is 0 Å². The van der Waals surface area contributed by atoms with Crippen LogP contribution in [-0.2, 0) is 48.3 Å². The summed E-state index contributed by atoms with van der Waals surface area (Å²) in [6.45, 7) is 0.543. The molecule has 0 aromatic carbocycles. The molecule has 8 N–H and O–H groups in total. The molecule has 320 valence electrons. The smallest absolute Gasteiger partial charge is 0.326 e. The number of carboxylic acid groups (broad SMARTS) is 2. The quantitative estimate of drug-likeness (QED) is 0.0441. The fourth-order valence-electron chi connectivity index (χ4n) is 5.54. The third-order valence-corrected chi connectivity index (χ3v) is 9.98. The minimum atomic E-state index is -3.76. The fraction of sp³-hybridized carbons (Fsp3) is 0.838. The van der Waals surface area contributed by atoms with Gasteiger partial charge in [0.25, 0.3) is 0 Å². The molecule has 0 radical (unpaired) electrons. The maximum absolute atomic E-state index is 12.2. The van der Waals surface area contributed by atoms with Crippen molar-refractivity contribution in [2.24, 2.45) is 5.73 Å². The Morgan fingerprint density at radius 3 is 1.62 bits per heavy atom. The maximum atomic E-state index is 12.2. The van der Waals surface area contributed by atoms with E-state index < -0.39 is 39.8 Å². The van der Waals surface area contributed by atoms with Gasteiger partial charge in [0.05, 0.1) is 32.1 Å². The van der Waals surface area contributed by atoms with E-state index in [1.165, 1.54) is 38.5 Å². The number of amides is 4. The lowest BCUT2D eigenvalue weighted by Crippen LogP contribution is -2.42. The van der Waals surface area contributed by atoms with Crippen molar-refractivity contribution in [3.8, 4) is 0 Å². The van der Waals surface area contributed by atoms with Gasteiger partial charge in [-0.15, -0.1) is 0 Å². The zero-order chi connectivity index (χ0) is 41.0. The predicted octanol–water partition coefficient (Wildman–Crippen LogP) is 2.89. The van der Waals surface area contributed by atoms with Crippen LogP contribution >= 0.6 is 0 Å². The van der Waals surface area contributed by atoms with Crippen molar-refractivity contribution in [2.75, 3.05) is 51.8 Å². The summed E-state index contributed by atoms with van der Waals surface area (Å²) in [4.78, 5) is 69.1. The van der Waals surface area contributed by atoms with Crippen LogP contribution in [0, 0.1) is 0 Å². The molecule has 55 heavy (non-hydrogen) atoms. The second-order valence-corrected chi connectivity index (χ2v) is 15.5. The van der Waals surface area contributed by atoms with Crippen LogP contribution in [0.3, 0.4) is 0 Å². The Bertz CT molecular complexity index is 1190. The number of hydrogen-bond acceptors (Lipinski definition) is 11. The number of nitrogens with one attached hydrogen (secondary N) is 4. The average molecular weight is 808 g/mol. The highest BCUT2D eigenvalue weighted by Crippen LogP contribution is 2.14. The van der Waals surface area contributed by atoms with E-state index in [1.54, 1.807) is 0 Å². The molecule has 4 amide bonds. The molecular formula is C37H69N5O12S. The maximum Gasteiger partial charge on any atom is 0.326 e. The molecule has 0 saturated heterocycles. The molecule has 0 bridgehead atoms. The van der Waals surface area contributed by atoms with Crippen LogP contribution in [0.2, 0.25) is 0 Å². The molecule has 0 heterocycles. The third-order valence-electron chi connectivity index (χ3n) is 8.61. The Labute approximate surface area is 327 Å². The summed E-state index contributed by atoms with van der Waals surface area (Å²) >= 11 is 0. The molecule has 0 rings (SSSR count). The van der Waals surface area contributed by atoms with E-state index >= 15 is 0 Å². The van der Waals surface area contributed by atoms with Crippen LogP contribution < -0.4 is 26.4 Å². The first kappa shape index (κ1) is 51.6. The first-order valence-electron chi connectivity index (χ1n) is 20.0. The summed E-state index contributed by atoms with van der Waals surface area (Å²) < 4.78 is 37.2. The average Bonchev–Trinajstić information content (AvgIpc) is 3.13. The van der Waals surface area contributed by atoms with Crippen molar-refractivity contribution >= 4 is 45.6 Å². The van der Waals surface area contributed by atoms with Crippen LogP contribution in [0.15, 0.2) is 0 Å². The molecule has 18 heteroatoms. The Morgan fingerprint density at radius 1 is 0.545 bits per heavy atom. The van der Waals surface area contributed by atoms with Gasteiger partial charge in [0.2, 0.25) is 33.7 Å². The van der Waals surface area contributed by atoms with Gasteiger partial charge in [-0.1, -0.05) is 77.0 Å². The van der Waals surface area contributed by atoms with Crippen molar-refractivity contribution < 1.29 is 56.9 Å². The number of carbonyl (C=O) groups excluding carboxylic acids is 4. The summed E-state index contributed by atoms with van der Waals surface area (Å²) in [5.74, 6) is -3.77. The highest BCUT2D eigenvalue weighted by atomic mass is 32.2. The predicted molar refractivity (Wildman–Crippen MR) is 207 cm³/mol. The van der Waals surface area contributed by atoms with Crippen molar-refractivity contribution in [2.45, 2.75) is 147 Å². The molecule has 0 aliphatic rings. The molecule has 0 aromatic heterocycles. The molecule has 0 spiro atoms. The van der Waals surface area contributed by atoms with Crippen LogP contribution in [0.25, 0.3) is 0 Å². The van der Waals surface area contributed by atoms with Crippen molar-refractivity contribution in [1.29, 1.82) is 0 Å². The second kappa shape index (κ2) is 35.1. The van der Waals surface area contributed by atoms with E-state index in [1.807, 2.05) is 0 Å². The van der Waals surface area contributed by atoms with Gasteiger partial charge in [0, 0.05) is 32.4 Å². The molecule has 0 aromatic rings. The minimum absolute atomic E-state index is 0.0783. The molecule has 1 atom stereocenters. The summed E-state index contributed by atoms with van der Waals surface area (Å²) in [6, 6.07) is -1.08. The van der Waals surface area contributed by atoms with Crippen LogP contribution in [0.1, 0.15) is 141 Å². The number of sulfonamides is 1. The summed E-state index contributed by atoms with van der Waals surface area (Å²) in [5, 5.41) is 25.6. The lowest BCUT2D eigenvalue weighted by molar-refractivity contribution is -0.143. The molecule has 17 nitrogen and oxygen atoms in total. The molecule has 0 saturated carbocycles. The van der Waals surface area contributed by atoms with Crippen LogP contribution in [0.5, 0.6) is 0 Å². The van der Waals surface area contributed by atoms with Crippen LogP contribution in [-0.4, -0.2) is 112 Å². The van der Waals surface area contributed by atoms with Crippen molar-refractivity contribution in [3.63, 3.8) is 0 Å². The van der Waals surface area contributed by atoms with E-state index in [0.29, 0.717) is 32.2 Å². The number of aliphatic carboxylic acids is 2. The summed E-state index contributed by atoms with van der Waals surface area (Å²) in [5.41, 5.74) is 5.19. The summed E-state index contributed by atoms with van der Waals surface area (Å²) in [7, 11) is -3.76. The van der Waals surface area contributed by atoms with E-state index in [2.05, 4.69) is 20.7 Å². The van der Waals surface area contributed by atoms with Gasteiger partial charge < -0.3 is 41.4 Å². The lowest BCUT2D eigenvalue weighted by atomic mass is 10.0. The first-order chi connectivity index (χ1) is 26.4. The SMILES string of the molecule is NCC(=O)NCCCC[C@H](NC(=O)COCCOCCNC(=O)CCCCS(=O)(=O)NC(=O)CCCCCCCCCCCCCCCCC(=O)O)C(=O)O. The number of carbonyl (C=O) groups is 6.